The van der Waals surface area contributed by atoms with Crippen LogP contribution in [0.4, 0.5) is 10.6 Å². The van der Waals surface area contributed by atoms with E-state index < -0.39 is 11.7 Å². The van der Waals surface area contributed by atoms with Crippen molar-refractivity contribution in [3.63, 3.8) is 0 Å². The number of rotatable bonds is 2. The number of hydrogen-bond donors (Lipinski definition) is 2. The molecule has 106 valence electrons. The van der Waals surface area contributed by atoms with Crippen LogP contribution in [0.2, 0.25) is 0 Å². The van der Waals surface area contributed by atoms with Crippen molar-refractivity contribution in [2.75, 3.05) is 5.32 Å². The molecule has 0 spiro atoms. The number of benzene rings is 1. The predicted molar refractivity (Wildman–Crippen MR) is 78.6 cm³/mol. The number of aryl methyl sites for hydroxylation is 1. The van der Waals surface area contributed by atoms with Crippen LogP contribution >= 0.6 is 0 Å². The Kier molecular flexibility index (Phi) is 3.79. The smallest absolute Gasteiger partial charge is 0.413 e. The van der Waals surface area contributed by atoms with Crippen molar-refractivity contribution < 1.29 is 9.53 Å². The van der Waals surface area contributed by atoms with Gasteiger partial charge in [-0.3, -0.25) is 10.4 Å². The molecule has 0 saturated carbocycles. The number of nitrogens with zero attached hydrogens (tertiary/aromatic N) is 1. The number of carbonyl (C=O) groups is 1. The van der Waals surface area contributed by atoms with E-state index in [9.17, 15) is 4.79 Å². The molecule has 20 heavy (non-hydrogen) atoms. The van der Waals surface area contributed by atoms with Gasteiger partial charge in [0.05, 0.1) is 5.69 Å². The number of carbonyl (C=O) groups excluding carboxylic acids is 1. The number of nitrogens with one attached hydrogen (secondary N) is 2. The highest BCUT2D eigenvalue weighted by Gasteiger charge is 2.17. The van der Waals surface area contributed by atoms with Gasteiger partial charge >= 0.3 is 6.09 Å². The summed E-state index contributed by atoms with van der Waals surface area (Å²) < 4.78 is 5.17. The monoisotopic (exact) mass is 273 g/mol. The Hall–Kier alpha value is -2.30. The van der Waals surface area contributed by atoms with E-state index in [1.54, 1.807) is 6.07 Å². The largest absolute Gasteiger partial charge is 0.444 e. The van der Waals surface area contributed by atoms with Crippen LogP contribution in [0.1, 0.15) is 26.3 Å². The molecule has 2 rings (SSSR count). The summed E-state index contributed by atoms with van der Waals surface area (Å²) in [7, 11) is 0. The molecule has 0 fully saturated rings. The van der Waals surface area contributed by atoms with Crippen LogP contribution in [0, 0.1) is 6.92 Å². The van der Waals surface area contributed by atoms with Gasteiger partial charge in [0.2, 0.25) is 0 Å². The summed E-state index contributed by atoms with van der Waals surface area (Å²) in [5, 5.41) is 9.53. The van der Waals surface area contributed by atoms with Crippen molar-refractivity contribution in [2.45, 2.75) is 33.3 Å². The number of hydrogen-bond acceptors (Lipinski definition) is 3. The van der Waals surface area contributed by atoms with Crippen LogP contribution in [0.3, 0.4) is 0 Å². The minimum atomic E-state index is -0.528. The van der Waals surface area contributed by atoms with E-state index >= 15 is 0 Å². The van der Waals surface area contributed by atoms with E-state index in [1.165, 1.54) is 5.56 Å². The average molecular weight is 273 g/mol. The third kappa shape index (κ3) is 3.85. The first kappa shape index (κ1) is 14.1. The molecule has 5 heteroatoms. The molecule has 0 atom stereocenters. The summed E-state index contributed by atoms with van der Waals surface area (Å²) in [5.41, 5.74) is 2.52. The number of H-pyrrole nitrogens is 1. The van der Waals surface area contributed by atoms with Crippen molar-refractivity contribution in [1.29, 1.82) is 0 Å². The topological polar surface area (TPSA) is 67.0 Å². The average Bonchev–Trinajstić information content (AvgIpc) is 2.75. The number of amides is 1. The Morgan fingerprint density at radius 1 is 1.25 bits per heavy atom. The van der Waals surface area contributed by atoms with Gasteiger partial charge in [-0.2, -0.15) is 5.10 Å². The molecule has 0 radical (unpaired) electrons. The lowest BCUT2D eigenvalue weighted by atomic mass is 10.1. The van der Waals surface area contributed by atoms with Crippen LogP contribution in [0.15, 0.2) is 30.3 Å². The normalized spacial score (nSPS) is 11.2. The molecule has 0 bridgehead atoms. The van der Waals surface area contributed by atoms with Crippen LogP contribution < -0.4 is 5.32 Å². The molecule has 1 heterocycles. The van der Waals surface area contributed by atoms with Crippen molar-refractivity contribution in [3.05, 3.63) is 35.9 Å². The summed E-state index contributed by atoms with van der Waals surface area (Å²) in [6.07, 6.45) is -0.514. The van der Waals surface area contributed by atoms with Gasteiger partial charge in [0.25, 0.3) is 0 Å². The lowest BCUT2D eigenvalue weighted by Crippen LogP contribution is -2.27. The van der Waals surface area contributed by atoms with E-state index in [1.807, 2.05) is 52.0 Å². The van der Waals surface area contributed by atoms with E-state index in [4.69, 9.17) is 4.74 Å². The summed E-state index contributed by atoms with van der Waals surface area (Å²) in [5.74, 6) is 0.440. The molecule has 0 aliphatic heterocycles. The Labute approximate surface area is 118 Å². The third-order valence-corrected chi connectivity index (χ3v) is 2.57. The molecular weight excluding hydrogens is 254 g/mol. The molecular formula is C15H19N3O2. The summed E-state index contributed by atoms with van der Waals surface area (Å²) in [4.78, 5) is 11.6. The van der Waals surface area contributed by atoms with Gasteiger partial charge in [0.1, 0.15) is 5.60 Å². The van der Waals surface area contributed by atoms with Crippen LogP contribution in [-0.2, 0) is 4.74 Å². The number of ether oxygens (including phenoxy) is 1. The molecule has 0 aliphatic rings. The molecule has 5 nitrogen and oxygen atoms in total. The van der Waals surface area contributed by atoms with E-state index in [0.717, 1.165) is 11.3 Å². The first-order chi connectivity index (χ1) is 9.33. The van der Waals surface area contributed by atoms with Crippen LogP contribution in [-0.4, -0.2) is 21.9 Å². The Morgan fingerprint density at radius 3 is 2.50 bits per heavy atom. The molecule has 0 unspecified atom stereocenters. The van der Waals surface area contributed by atoms with E-state index in [2.05, 4.69) is 15.5 Å². The Morgan fingerprint density at radius 2 is 1.90 bits per heavy atom. The van der Waals surface area contributed by atoms with Crippen molar-refractivity contribution in [2.24, 2.45) is 0 Å². The quantitative estimate of drug-likeness (QED) is 0.876. The zero-order chi connectivity index (χ0) is 14.8. The Bertz CT molecular complexity index is 594. The van der Waals surface area contributed by atoms with Gasteiger partial charge < -0.3 is 4.74 Å². The fourth-order valence-electron chi connectivity index (χ4n) is 1.67. The number of anilines is 1. The lowest BCUT2D eigenvalue weighted by molar-refractivity contribution is 0.0635. The minimum Gasteiger partial charge on any atom is -0.444 e. The van der Waals surface area contributed by atoms with E-state index in [0.29, 0.717) is 5.82 Å². The van der Waals surface area contributed by atoms with Gasteiger partial charge in [-0.25, -0.2) is 4.79 Å². The Balaban J connectivity index is 2.06. The first-order valence-electron chi connectivity index (χ1n) is 6.46. The van der Waals surface area contributed by atoms with Crippen molar-refractivity contribution in [3.8, 4) is 11.3 Å². The second-order valence-corrected chi connectivity index (χ2v) is 5.66. The highest BCUT2D eigenvalue weighted by Crippen LogP contribution is 2.20. The third-order valence-electron chi connectivity index (χ3n) is 2.57. The second-order valence-electron chi connectivity index (χ2n) is 5.66. The summed E-state index contributed by atoms with van der Waals surface area (Å²) >= 11 is 0. The van der Waals surface area contributed by atoms with Gasteiger partial charge in [0.15, 0.2) is 5.82 Å². The van der Waals surface area contributed by atoms with Crippen molar-refractivity contribution in [1.82, 2.24) is 10.2 Å². The standard InChI is InChI=1S/C15H19N3O2/c1-10-5-7-11(8-6-10)12-9-13(18-17-12)16-14(19)20-15(2,3)4/h5-9H,1-4H3,(H2,16,17,18,19). The maximum atomic E-state index is 11.6. The zero-order valence-corrected chi connectivity index (χ0v) is 12.2. The fraction of sp³-hybridized carbons (Fsp3) is 0.333. The first-order valence-corrected chi connectivity index (χ1v) is 6.46. The van der Waals surface area contributed by atoms with Gasteiger partial charge in [-0.15, -0.1) is 0 Å². The molecule has 1 aromatic carbocycles. The maximum absolute atomic E-state index is 11.6. The maximum Gasteiger partial charge on any atom is 0.413 e. The summed E-state index contributed by atoms with van der Waals surface area (Å²) in [6.45, 7) is 7.48. The minimum absolute atomic E-state index is 0.440. The molecule has 2 aromatic rings. The summed E-state index contributed by atoms with van der Waals surface area (Å²) in [6, 6.07) is 9.82. The van der Waals surface area contributed by atoms with Crippen LogP contribution in [0.5, 0.6) is 0 Å². The van der Waals surface area contributed by atoms with Crippen LogP contribution in [0.25, 0.3) is 11.3 Å². The highest BCUT2D eigenvalue weighted by atomic mass is 16.6. The van der Waals surface area contributed by atoms with Gasteiger partial charge in [-0.1, -0.05) is 29.8 Å². The zero-order valence-electron chi connectivity index (χ0n) is 12.2. The molecule has 0 saturated heterocycles. The predicted octanol–water partition coefficient (Wildman–Crippen LogP) is 3.73. The SMILES string of the molecule is Cc1ccc(-c2cc(NC(=O)OC(C)(C)C)n[nH]2)cc1. The molecule has 0 aliphatic carbocycles. The van der Waals surface area contributed by atoms with Gasteiger partial charge in [0, 0.05) is 6.07 Å². The fourth-order valence-corrected chi connectivity index (χ4v) is 1.67. The lowest BCUT2D eigenvalue weighted by Gasteiger charge is -2.18. The van der Waals surface area contributed by atoms with Gasteiger partial charge in [-0.05, 0) is 33.3 Å². The number of aromatic amines is 1. The molecule has 2 N–H and O–H groups in total. The molecule has 1 amide bonds. The number of aromatic nitrogens is 2. The molecule has 1 aromatic heterocycles. The second kappa shape index (κ2) is 5.36. The highest BCUT2D eigenvalue weighted by molar-refractivity contribution is 5.84. The van der Waals surface area contributed by atoms with E-state index in [-0.39, 0.29) is 0 Å². The van der Waals surface area contributed by atoms with Crippen molar-refractivity contribution >= 4 is 11.9 Å².